The van der Waals surface area contributed by atoms with Crippen LogP contribution in [0.15, 0.2) is 64.9 Å². The number of sulfonamides is 1. The van der Waals surface area contributed by atoms with E-state index < -0.39 is 10.0 Å². The number of halogens is 2. The highest BCUT2D eigenvalue weighted by molar-refractivity contribution is 7.91. The molecule has 0 aliphatic carbocycles. The van der Waals surface area contributed by atoms with E-state index in [1.54, 1.807) is 36.4 Å². The predicted molar refractivity (Wildman–Crippen MR) is 134 cm³/mol. The first-order chi connectivity index (χ1) is 15.8. The number of anilines is 1. The summed E-state index contributed by atoms with van der Waals surface area (Å²) in [6.07, 6.45) is 1.44. The number of nitrogens with zero attached hydrogens (tertiary/aromatic N) is 1. The average molecular weight is 524 g/mol. The molecule has 0 saturated carbocycles. The van der Waals surface area contributed by atoms with Gasteiger partial charge in [0.1, 0.15) is 4.21 Å². The summed E-state index contributed by atoms with van der Waals surface area (Å²) >= 11 is 13.0. The number of piperidine rings is 1. The molecule has 2 aromatic carbocycles. The van der Waals surface area contributed by atoms with Crippen LogP contribution in [0.2, 0.25) is 10.0 Å². The van der Waals surface area contributed by atoms with Crippen LogP contribution in [0.1, 0.15) is 28.1 Å². The highest BCUT2D eigenvalue weighted by atomic mass is 35.5. The van der Waals surface area contributed by atoms with Gasteiger partial charge in [0.15, 0.2) is 0 Å². The van der Waals surface area contributed by atoms with E-state index in [4.69, 9.17) is 23.2 Å². The monoisotopic (exact) mass is 523 g/mol. The smallest absolute Gasteiger partial charge is 0.252 e. The molecule has 0 unspecified atom stereocenters. The van der Waals surface area contributed by atoms with Crippen LogP contribution in [-0.2, 0) is 16.6 Å². The maximum Gasteiger partial charge on any atom is 0.252 e. The van der Waals surface area contributed by atoms with Crippen molar-refractivity contribution >= 4 is 56.2 Å². The Kier molecular flexibility index (Phi) is 7.61. The van der Waals surface area contributed by atoms with Crippen molar-refractivity contribution < 1.29 is 13.2 Å². The molecule has 10 heteroatoms. The van der Waals surface area contributed by atoms with Gasteiger partial charge in [-0.2, -0.15) is 4.31 Å². The second-order valence-corrected chi connectivity index (χ2v) is 11.9. The molecule has 1 aromatic heterocycles. The Bertz CT molecular complexity index is 1200. The molecule has 1 aliphatic heterocycles. The van der Waals surface area contributed by atoms with Crippen LogP contribution in [-0.4, -0.2) is 37.8 Å². The van der Waals surface area contributed by atoms with E-state index in [-0.39, 0.29) is 18.5 Å². The van der Waals surface area contributed by atoms with Gasteiger partial charge in [0, 0.05) is 45.3 Å². The lowest BCUT2D eigenvalue weighted by molar-refractivity contribution is 0.0951. The van der Waals surface area contributed by atoms with Crippen molar-refractivity contribution in [3.63, 3.8) is 0 Å². The van der Waals surface area contributed by atoms with Crippen molar-refractivity contribution in [1.82, 2.24) is 9.62 Å². The first kappa shape index (κ1) is 24.0. The number of hydrogen-bond donors (Lipinski definition) is 2. The van der Waals surface area contributed by atoms with Crippen LogP contribution in [0.25, 0.3) is 0 Å². The topological polar surface area (TPSA) is 78.5 Å². The summed E-state index contributed by atoms with van der Waals surface area (Å²) in [5.41, 5.74) is 1.48. The Morgan fingerprint density at radius 2 is 1.55 bits per heavy atom. The van der Waals surface area contributed by atoms with Gasteiger partial charge in [-0.05, 0) is 73.5 Å². The second kappa shape index (κ2) is 10.4. The van der Waals surface area contributed by atoms with Gasteiger partial charge in [0.2, 0.25) is 0 Å². The van der Waals surface area contributed by atoms with Crippen LogP contribution in [0.3, 0.4) is 0 Å². The van der Waals surface area contributed by atoms with Crippen LogP contribution < -0.4 is 10.6 Å². The Balaban J connectivity index is 1.31. The van der Waals surface area contributed by atoms with Crippen LogP contribution in [0, 0.1) is 0 Å². The third-order valence-corrected chi connectivity index (χ3v) is 9.38. The first-order valence-corrected chi connectivity index (χ1v) is 13.5. The van der Waals surface area contributed by atoms with E-state index in [0.29, 0.717) is 32.9 Å². The third kappa shape index (κ3) is 6.07. The minimum Gasteiger partial charge on any atom is -0.382 e. The molecule has 3 aromatic rings. The van der Waals surface area contributed by atoms with Gasteiger partial charge in [0.05, 0.1) is 6.54 Å². The summed E-state index contributed by atoms with van der Waals surface area (Å²) in [7, 11) is -3.56. The fourth-order valence-corrected chi connectivity index (χ4v) is 6.78. The largest absolute Gasteiger partial charge is 0.382 e. The number of nitrogens with one attached hydrogen (secondary N) is 2. The number of carbonyl (C=O) groups excluding carboxylic acids is 1. The van der Waals surface area contributed by atoms with E-state index in [1.165, 1.54) is 15.6 Å². The molecule has 2 N–H and O–H groups in total. The van der Waals surface area contributed by atoms with Gasteiger partial charge >= 0.3 is 0 Å². The fourth-order valence-electron chi connectivity index (χ4n) is 3.61. The Labute approximate surface area is 207 Å². The molecular formula is C23H23Cl2N3O3S2. The molecule has 4 rings (SSSR count). The molecule has 33 heavy (non-hydrogen) atoms. The summed E-state index contributed by atoms with van der Waals surface area (Å²) in [6.45, 7) is 1.16. The minimum absolute atomic E-state index is 0.208. The summed E-state index contributed by atoms with van der Waals surface area (Å²) in [6, 6.07) is 17.7. The SMILES string of the molecule is O=C(NCc1ccc(S(=O)(=O)N2CCC(Nc3ccc(Cl)cc3)CC2)s1)c1ccc(Cl)cc1. The Hall–Kier alpha value is -2.10. The van der Waals surface area contributed by atoms with Gasteiger partial charge < -0.3 is 10.6 Å². The molecule has 1 saturated heterocycles. The van der Waals surface area contributed by atoms with Gasteiger partial charge in [-0.1, -0.05) is 23.2 Å². The number of hydrogen-bond acceptors (Lipinski definition) is 5. The molecule has 174 valence electrons. The zero-order valence-corrected chi connectivity index (χ0v) is 20.8. The van der Waals surface area contributed by atoms with Crippen molar-refractivity contribution in [1.29, 1.82) is 0 Å². The molecular weight excluding hydrogens is 501 g/mol. The van der Waals surface area contributed by atoms with E-state index in [0.717, 1.165) is 23.4 Å². The maximum absolute atomic E-state index is 13.1. The summed E-state index contributed by atoms with van der Waals surface area (Å²) < 4.78 is 28.0. The molecule has 0 spiro atoms. The van der Waals surface area contributed by atoms with Crippen molar-refractivity contribution in [2.24, 2.45) is 0 Å². The normalized spacial score (nSPS) is 15.3. The summed E-state index contributed by atoms with van der Waals surface area (Å²) in [5, 5.41) is 7.50. The lowest BCUT2D eigenvalue weighted by Gasteiger charge is -2.31. The fraction of sp³-hybridized carbons (Fsp3) is 0.261. The molecule has 2 heterocycles. The molecule has 1 aliphatic rings. The number of benzene rings is 2. The molecule has 0 bridgehead atoms. The van der Waals surface area contributed by atoms with Crippen LogP contribution in [0.4, 0.5) is 5.69 Å². The van der Waals surface area contributed by atoms with Crippen molar-refractivity contribution in [2.45, 2.75) is 29.6 Å². The highest BCUT2D eigenvalue weighted by Gasteiger charge is 2.30. The molecule has 0 atom stereocenters. The highest BCUT2D eigenvalue weighted by Crippen LogP contribution is 2.28. The van der Waals surface area contributed by atoms with Crippen molar-refractivity contribution in [3.05, 3.63) is 81.1 Å². The zero-order chi connectivity index (χ0) is 23.4. The van der Waals surface area contributed by atoms with E-state index >= 15 is 0 Å². The Morgan fingerprint density at radius 3 is 2.18 bits per heavy atom. The van der Waals surface area contributed by atoms with Crippen LogP contribution >= 0.6 is 34.5 Å². The minimum atomic E-state index is -3.56. The van der Waals surface area contributed by atoms with Gasteiger partial charge in [0.25, 0.3) is 15.9 Å². The number of amides is 1. The van der Waals surface area contributed by atoms with Crippen molar-refractivity contribution in [3.8, 4) is 0 Å². The van der Waals surface area contributed by atoms with Crippen LogP contribution in [0.5, 0.6) is 0 Å². The van der Waals surface area contributed by atoms with Crippen molar-refractivity contribution in [2.75, 3.05) is 18.4 Å². The van der Waals surface area contributed by atoms with Gasteiger partial charge in [-0.3, -0.25) is 4.79 Å². The van der Waals surface area contributed by atoms with Gasteiger partial charge in [-0.15, -0.1) is 11.3 Å². The third-order valence-electron chi connectivity index (χ3n) is 5.43. The second-order valence-electron chi connectivity index (χ2n) is 7.74. The maximum atomic E-state index is 13.1. The van der Waals surface area contributed by atoms with E-state index in [1.807, 2.05) is 24.3 Å². The number of rotatable bonds is 7. The Morgan fingerprint density at radius 1 is 0.939 bits per heavy atom. The lowest BCUT2D eigenvalue weighted by Crippen LogP contribution is -2.42. The molecule has 6 nitrogen and oxygen atoms in total. The number of thiophene rings is 1. The van der Waals surface area contributed by atoms with E-state index in [9.17, 15) is 13.2 Å². The summed E-state index contributed by atoms with van der Waals surface area (Å²) in [4.78, 5) is 13.0. The molecule has 1 fully saturated rings. The standard InChI is InChI=1S/C23H23Cl2N3O3S2/c24-17-3-1-16(2-4-17)23(29)26-15-21-9-10-22(32-21)33(30,31)28-13-11-20(12-14-28)27-19-7-5-18(25)6-8-19/h1-10,20,27H,11-15H2,(H,26,29). The average Bonchev–Trinajstić information content (AvgIpc) is 3.30. The zero-order valence-electron chi connectivity index (χ0n) is 17.6. The predicted octanol–water partition coefficient (Wildman–Crippen LogP) is 5.25. The number of carbonyl (C=O) groups is 1. The quantitative estimate of drug-likeness (QED) is 0.443. The lowest BCUT2D eigenvalue weighted by atomic mass is 10.1. The van der Waals surface area contributed by atoms with Gasteiger partial charge in [-0.25, -0.2) is 8.42 Å². The molecule has 0 radical (unpaired) electrons. The molecule has 1 amide bonds. The first-order valence-electron chi connectivity index (χ1n) is 10.5. The summed E-state index contributed by atoms with van der Waals surface area (Å²) in [5.74, 6) is -0.236. The van der Waals surface area contributed by atoms with E-state index in [2.05, 4.69) is 10.6 Å².